The highest BCUT2D eigenvalue weighted by atomic mass is 32.2. The fraction of sp³-hybridized carbons (Fsp3) is 0.667. The average molecular weight is 824 g/mol. The molecule has 2 aromatic rings. The Morgan fingerprint density at radius 2 is 1.75 bits per heavy atom. The van der Waals surface area contributed by atoms with Gasteiger partial charge in [-0.1, -0.05) is 32.5 Å². The lowest BCUT2D eigenvalue weighted by Gasteiger charge is -2.30. The third kappa shape index (κ3) is 12.9. The van der Waals surface area contributed by atoms with E-state index < -0.39 is 84.6 Å². The second-order valence-corrected chi connectivity index (χ2v) is 17.0. The summed E-state index contributed by atoms with van der Waals surface area (Å²) in [4.78, 5) is 86.4. The van der Waals surface area contributed by atoms with Crippen LogP contribution in [0, 0.1) is 5.41 Å². The molecule has 0 spiro atoms. The molecule has 3 heterocycles. The fourth-order valence-electron chi connectivity index (χ4n) is 4.40. The molecule has 0 bridgehead atoms. The molecule has 1 fully saturated rings. The first kappa shape index (κ1) is 44.0. The number of hydrogen-bond acceptors (Lipinski definition) is 18. The summed E-state index contributed by atoms with van der Waals surface area (Å²) in [6, 6.07) is 0. The molecular formula is C24H40N7O17P3S. The van der Waals surface area contributed by atoms with Crippen LogP contribution in [-0.2, 0) is 50.7 Å². The third-order valence-electron chi connectivity index (χ3n) is 7.05. The quantitative estimate of drug-likeness (QED) is 0.0575. The molecule has 7 atom stereocenters. The number of phosphoric ester groups is 3. The molecule has 28 heteroatoms. The standard InChI is InChI=1S/C24H40N7O17P3S/c1-4-15(33)52-8-7-26-14(32)5-6-27-22(36)19(35)24(2,3)10-45-51(42,43)48-50(40,41)44-9-13-18(47-49(37,38)39)17(34)23(46-13)31-12-30-16-20(25)28-11-29-21(16)31/h11-13,17-19,23,34-35H,4-10H2,1-3H3,(H,26,32)(H,27,36)(H,40,41)(H,42,43)(H2,25,28,29)(H2,37,38,39). The maximum Gasteiger partial charge on any atom is 0.481 e. The van der Waals surface area contributed by atoms with Crippen LogP contribution in [0.3, 0.4) is 0 Å². The smallest absolute Gasteiger partial charge is 0.386 e. The highest BCUT2D eigenvalue weighted by molar-refractivity contribution is 8.13. The average Bonchev–Trinajstić information content (AvgIpc) is 3.60. The van der Waals surface area contributed by atoms with Gasteiger partial charge in [0.15, 0.2) is 22.8 Å². The molecule has 24 nitrogen and oxygen atoms in total. The summed E-state index contributed by atoms with van der Waals surface area (Å²) in [7, 11) is -16.4. The molecule has 0 saturated carbocycles. The Morgan fingerprint density at radius 3 is 2.40 bits per heavy atom. The zero-order valence-corrected chi connectivity index (χ0v) is 31.3. The number of rotatable bonds is 20. The minimum absolute atomic E-state index is 0.0221. The number of imidazole rings is 1. The van der Waals surface area contributed by atoms with Gasteiger partial charge in [0.25, 0.3) is 0 Å². The number of nitrogens with one attached hydrogen (secondary N) is 2. The Bertz CT molecular complexity index is 1730. The van der Waals surface area contributed by atoms with Gasteiger partial charge in [0.05, 0.1) is 19.5 Å². The van der Waals surface area contributed by atoms with E-state index in [1.807, 2.05) is 0 Å². The molecule has 10 N–H and O–H groups in total. The van der Waals surface area contributed by atoms with E-state index in [-0.39, 0.29) is 41.6 Å². The minimum atomic E-state index is -5.56. The van der Waals surface area contributed by atoms with Gasteiger partial charge in [-0.25, -0.2) is 28.6 Å². The van der Waals surface area contributed by atoms with Crippen molar-refractivity contribution in [1.82, 2.24) is 30.2 Å². The molecular weight excluding hydrogens is 783 g/mol. The van der Waals surface area contributed by atoms with E-state index in [1.54, 1.807) is 6.92 Å². The Balaban J connectivity index is 1.54. The summed E-state index contributed by atoms with van der Waals surface area (Å²) >= 11 is 1.07. The van der Waals surface area contributed by atoms with Crippen LogP contribution in [0.1, 0.15) is 39.8 Å². The van der Waals surface area contributed by atoms with Gasteiger partial charge < -0.3 is 50.9 Å². The van der Waals surface area contributed by atoms with Gasteiger partial charge in [-0.3, -0.25) is 32.5 Å². The number of aliphatic hydroxyl groups is 2. The third-order valence-corrected chi connectivity index (χ3v) is 11.2. The van der Waals surface area contributed by atoms with Gasteiger partial charge >= 0.3 is 23.5 Å². The van der Waals surface area contributed by atoms with Crippen LogP contribution >= 0.6 is 35.2 Å². The number of nitrogens with zero attached hydrogens (tertiary/aromatic N) is 4. The number of thioether (sulfide) groups is 1. The van der Waals surface area contributed by atoms with Crippen molar-refractivity contribution in [3.8, 4) is 0 Å². The number of nitrogens with two attached hydrogens (primary N) is 1. The van der Waals surface area contributed by atoms with E-state index in [2.05, 4.69) is 34.4 Å². The number of ether oxygens (including phenoxy) is 1. The van der Waals surface area contributed by atoms with Crippen LogP contribution in [-0.4, -0.2) is 123 Å². The number of aromatic nitrogens is 4. The van der Waals surface area contributed by atoms with Crippen molar-refractivity contribution < 1.29 is 80.5 Å². The Labute approximate surface area is 299 Å². The summed E-state index contributed by atoms with van der Waals surface area (Å²) < 4.78 is 61.9. The summed E-state index contributed by atoms with van der Waals surface area (Å²) in [6.45, 7) is 2.24. The largest absolute Gasteiger partial charge is 0.481 e. The lowest BCUT2D eigenvalue weighted by molar-refractivity contribution is -0.137. The van der Waals surface area contributed by atoms with Crippen LogP contribution in [0.5, 0.6) is 0 Å². The van der Waals surface area contributed by atoms with Gasteiger partial charge in [0.2, 0.25) is 11.8 Å². The van der Waals surface area contributed by atoms with Gasteiger partial charge in [0, 0.05) is 37.1 Å². The monoisotopic (exact) mass is 823 g/mol. The van der Waals surface area contributed by atoms with E-state index in [1.165, 1.54) is 13.8 Å². The number of carbonyl (C=O) groups is 3. The molecule has 0 radical (unpaired) electrons. The lowest BCUT2D eigenvalue weighted by atomic mass is 9.87. The van der Waals surface area contributed by atoms with Crippen LogP contribution < -0.4 is 16.4 Å². The van der Waals surface area contributed by atoms with Crippen LogP contribution in [0.4, 0.5) is 5.82 Å². The molecule has 1 aliphatic heterocycles. The van der Waals surface area contributed by atoms with Gasteiger partial charge in [-0.2, -0.15) is 4.31 Å². The molecule has 1 aliphatic rings. The first-order chi connectivity index (χ1) is 24.1. The summed E-state index contributed by atoms with van der Waals surface area (Å²) in [6.07, 6.45) is -6.52. The van der Waals surface area contributed by atoms with Crippen LogP contribution in [0.2, 0.25) is 0 Å². The molecule has 7 unspecified atom stereocenters. The zero-order valence-electron chi connectivity index (χ0n) is 27.8. The highest BCUT2D eigenvalue weighted by Gasteiger charge is 2.50. The van der Waals surface area contributed by atoms with Crippen molar-refractivity contribution in [2.24, 2.45) is 5.41 Å². The normalized spacial score (nSPS) is 22.4. The molecule has 2 aromatic heterocycles. The maximum atomic E-state index is 12.6. The highest BCUT2D eigenvalue weighted by Crippen LogP contribution is 2.61. The summed E-state index contributed by atoms with van der Waals surface area (Å²) in [5.41, 5.74) is 4.26. The minimum Gasteiger partial charge on any atom is -0.386 e. The number of amides is 2. The van der Waals surface area contributed by atoms with Crippen LogP contribution in [0.25, 0.3) is 11.2 Å². The zero-order chi connectivity index (χ0) is 39.1. The molecule has 52 heavy (non-hydrogen) atoms. The molecule has 2 amide bonds. The number of aliphatic hydroxyl groups excluding tert-OH is 2. The second-order valence-electron chi connectivity index (χ2n) is 11.6. The SMILES string of the molecule is CCC(=O)SCCNC(=O)CCNC(=O)C(O)C(C)(C)COP(=O)(O)OP(=O)(O)OCC1OC(n2cnc3c(N)ncnc32)C(O)C1OP(=O)(O)O. The first-order valence-corrected chi connectivity index (χ1v) is 20.6. The van der Waals surface area contributed by atoms with Gasteiger partial charge in [-0.05, 0) is 0 Å². The van der Waals surface area contributed by atoms with Crippen molar-refractivity contribution in [3.63, 3.8) is 0 Å². The number of fused-ring (bicyclic) bond motifs is 1. The van der Waals surface area contributed by atoms with E-state index in [0.717, 1.165) is 29.0 Å². The van der Waals surface area contributed by atoms with Gasteiger partial charge in [-0.15, -0.1) is 0 Å². The Morgan fingerprint density at radius 1 is 1.08 bits per heavy atom. The van der Waals surface area contributed by atoms with Crippen molar-refractivity contribution in [2.45, 2.75) is 64.3 Å². The van der Waals surface area contributed by atoms with E-state index in [0.29, 0.717) is 12.2 Å². The lowest BCUT2D eigenvalue weighted by Crippen LogP contribution is -2.46. The molecule has 0 aliphatic carbocycles. The number of hydrogen-bond donors (Lipinski definition) is 9. The summed E-state index contributed by atoms with van der Waals surface area (Å²) in [5.74, 6) is -1.07. The fourth-order valence-corrected chi connectivity index (χ4v) is 7.86. The predicted octanol–water partition coefficient (Wildman–Crippen LogP) is -0.925. The number of anilines is 1. The number of phosphoric acid groups is 3. The van der Waals surface area contributed by atoms with Crippen molar-refractivity contribution >= 4 is 69.1 Å². The molecule has 294 valence electrons. The first-order valence-electron chi connectivity index (χ1n) is 15.1. The Kier molecular flexibility index (Phi) is 15.4. The van der Waals surface area contributed by atoms with E-state index >= 15 is 0 Å². The number of carbonyl (C=O) groups excluding carboxylic acids is 3. The molecule has 3 rings (SSSR count). The van der Waals surface area contributed by atoms with Gasteiger partial charge in [0.1, 0.15) is 36.3 Å². The topological polar surface area (TPSA) is 364 Å². The Hall–Kier alpha value is -2.44. The van der Waals surface area contributed by atoms with Crippen molar-refractivity contribution in [3.05, 3.63) is 12.7 Å². The van der Waals surface area contributed by atoms with Crippen molar-refractivity contribution in [2.75, 3.05) is 37.8 Å². The maximum absolute atomic E-state index is 12.6. The van der Waals surface area contributed by atoms with Crippen LogP contribution in [0.15, 0.2) is 12.7 Å². The van der Waals surface area contributed by atoms with E-state index in [9.17, 15) is 57.9 Å². The molecule has 0 aromatic carbocycles. The van der Waals surface area contributed by atoms with E-state index in [4.69, 9.17) is 19.5 Å². The van der Waals surface area contributed by atoms with Crippen molar-refractivity contribution in [1.29, 1.82) is 0 Å². The predicted molar refractivity (Wildman–Crippen MR) is 177 cm³/mol. The second kappa shape index (κ2) is 18.3. The number of nitrogen functional groups attached to an aromatic ring is 1. The molecule has 1 saturated heterocycles. The summed E-state index contributed by atoms with van der Waals surface area (Å²) in [5, 5.41) is 26.2.